The SMILES string of the molecule is CC(C)(C)c1ccnc(N2c3[c-]c(Oc4[c-]c(N5C=CN(c6ccccc6C(C)(C)C)[CH-]5)ccc4)ccc3-c3ccccc3-c3ccccc32)c1.[Pt]. The Morgan fingerprint density at radius 3 is 2.00 bits per heavy atom. The molecule has 264 valence electrons. The molecule has 6 aromatic rings. The van der Waals surface area contributed by atoms with Gasteiger partial charge in [0.2, 0.25) is 0 Å². The standard InChI is InChI=1S/C46H41N4O.Pt/c1-45(2,3)32-24-25-47-44(28-32)50-41-20-11-9-18-38(41)36-16-7-8-17-37(36)39-23-22-35(30-43(39)50)51-34-15-13-14-33(29-34)48-26-27-49(31-48)42-21-12-10-19-40(42)46(4,5)6;/h7-28,31H,1-6H3;/q-3;. The zero-order valence-corrected chi connectivity index (χ0v) is 32.6. The number of nitrogens with zero attached hydrogens (tertiary/aromatic N) is 4. The summed E-state index contributed by atoms with van der Waals surface area (Å²) in [5.41, 5.74) is 10.9. The van der Waals surface area contributed by atoms with Gasteiger partial charge in [-0.3, -0.25) is 0 Å². The molecule has 0 saturated heterocycles. The van der Waals surface area contributed by atoms with Crippen molar-refractivity contribution >= 4 is 28.6 Å². The van der Waals surface area contributed by atoms with Gasteiger partial charge < -0.3 is 19.4 Å². The van der Waals surface area contributed by atoms with E-state index in [2.05, 4.69) is 178 Å². The van der Waals surface area contributed by atoms with Crippen LogP contribution in [0.3, 0.4) is 0 Å². The molecule has 0 bridgehead atoms. The number of hydrogen-bond donors (Lipinski definition) is 0. The van der Waals surface area contributed by atoms with Crippen molar-refractivity contribution in [2.45, 2.75) is 52.4 Å². The number of aromatic nitrogens is 1. The molecule has 0 saturated carbocycles. The molecule has 6 heteroatoms. The summed E-state index contributed by atoms with van der Waals surface area (Å²) in [4.78, 5) is 11.4. The minimum Gasteiger partial charge on any atom is -0.509 e. The van der Waals surface area contributed by atoms with Crippen LogP contribution in [0.1, 0.15) is 52.7 Å². The van der Waals surface area contributed by atoms with Crippen molar-refractivity contribution in [3.8, 4) is 33.8 Å². The molecule has 0 fully saturated rings. The zero-order valence-electron chi connectivity index (χ0n) is 30.3. The van der Waals surface area contributed by atoms with E-state index in [9.17, 15) is 0 Å². The molecule has 5 nitrogen and oxygen atoms in total. The molecule has 5 aromatic carbocycles. The molecule has 2 aliphatic heterocycles. The minimum atomic E-state index is -0.0423. The van der Waals surface area contributed by atoms with Crippen molar-refractivity contribution in [2.75, 3.05) is 14.7 Å². The smallest absolute Gasteiger partial charge is 0.135 e. The number of hydrogen-bond acceptors (Lipinski definition) is 5. The second-order valence-corrected chi connectivity index (χ2v) is 15.1. The summed E-state index contributed by atoms with van der Waals surface area (Å²) in [5, 5.41) is 0. The van der Waals surface area contributed by atoms with E-state index in [4.69, 9.17) is 9.72 Å². The Hall–Kier alpha value is -5.12. The summed E-state index contributed by atoms with van der Waals surface area (Å²) >= 11 is 0. The second-order valence-electron chi connectivity index (χ2n) is 15.1. The van der Waals surface area contributed by atoms with Gasteiger partial charge in [0, 0.05) is 50.0 Å². The van der Waals surface area contributed by atoms with Crippen LogP contribution in [0.5, 0.6) is 11.5 Å². The van der Waals surface area contributed by atoms with Gasteiger partial charge in [-0.05, 0) is 64.2 Å². The summed E-state index contributed by atoms with van der Waals surface area (Å²) in [5.74, 6) is 2.03. The average molecular weight is 861 g/mol. The van der Waals surface area contributed by atoms with Crippen LogP contribution in [-0.4, -0.2) is 4.98 Å². The number of fused-ring (bicyclic) bond motifs is 5. The maximum absolute atomic E-state index is 6.56. The van der Waals surface area contributed by atoms with Gasteiger partial charge in [-0.15, -0.1) is 48.3 Å². The number of anilines is 5. The topological polar surface area (TPSA) is 31.8 Å². The Balaban J connectivity index is 0.00000420. The molecule has 0 unspecified atom stereocenters. The van der Waals surface area contributed by atoms with Gasteiger partial charge >= 0.3 is 0 Å². The van der Waals surface area contributed by atoms with Gasteiger partial charge in [0.05, 0.1) is 5.69 Å². The van der Waals surface area contributed by atoms with Gasteiger partial charge in [-0.2, -0.15) is 12.1 Å². The molecule has 0 amide bonds. The van der Waals surface area contributed by atoms with E-state index in [1.165, 1.54) is 16.7 Å². The van der Waals surface area contributed by atoms with E-state index in [1.807, 2.05) is 30.5 Å². The van der Waals surface area contributed by atoms with Crippen molar-refractivity contribution < 1.29 is 25.8 Å². The third-order valence-electron chi connectivity index (χ3n) is 9.49. The van der Waals surface area contributed by atoms with Crippen molar-refractivity contribution in [3.05, 3.63) is 164 Å². The summed E-state index contributed by atoms with van der Waals surface area (Å²) in [6.07, 6.45) is 6.04. The number of rotatable bonds is 5. The van der Waals surface area contributed by atoms with Crippen LogP contribution in [-0.2, 0) is 31.9 Å². The number of ether oxygens (including phenoxy) is 1. The van der Waals surface area contributed by atoms with E-state index in [0.29, 0.717) is 11.5 Å². The van der Waals surface area contributed by atoms with Crippen LogP contribution < -0.4 is 19.4 Å². The van der Waals surface area contributed by atoms with E-state index in [-0.39, 0.29) is 31.9 Å². The molecule has 0 N–H and O–H groups in total. The fraction of sp³-hybridized carbons (Fsp3) is 0.174. The predicted molar refractivity (Wildman–Crippen MR) is 210 cm³/mol. The number of pyridine rings is 1. The van der Waals surface area contributed by atoms with Crippen LogP contribution in [0.4, 0.5) is 28.6 Å². The van der Waals surface area contributed by atoms with Crippen LogP contribution in [0.15, 0.2) is 134 Å². The van der Waals surface area contributed by atoms with Crippen LogP contribution >= 0.6 is 0 Å². The predicted octanol–water partition coefficient (Wildman–Crippen LogP) is 12.1. The molecule has 0 spiro atoms. The first kappa shape index (κ1) is 35.3. The largest absolute Gasteiger partial charge is 0.509 e. The molecule has 3 heterocycles. The third kappa shape index (κ3) is 6.66. The van der Waals surface area contributed by atoms with Gasteiger partial charge in [-0.1, -0.05) is 113 Å². The van der Waals surface area contributed by atoms with E-state index in [1.54, 1.807) is 0 Å². The van der Waals surface area contributed by atoms with Gasteiger partial charge in [0.15, 0.2) is 0 Å². The molecule has 0 radical (unpaired) electrons. The van der Waals surface area contributed by atoms with Gasteiger partial charge in [-0.25, -0.2) is 4.98 Å². The maximum atomic E-state index is 6.56. The Morgan fingerprint density at radius 1 is 0.596 bits per heavy atom. The van der Waals surface area contributed by atoms with E-state index in [0.717, 1.165) is 45.3 Å². The average Bonchev–Trinajstić information content (AvgIpc) is 3.58. The summed E-state index contributed by atoms with van der Waals surface area (Å²) < 4.78 is 6.56. The molecular formula is C46H41N4OPt-3. The van der Waals surface area contributed by atoms with Crippen molar-refractivity contribution in [2.24, 2.45) is 0 Å². The number of para-hydroxylation sites is 2. The van der Waals surface area contributed by atoms with E-state index < -0.39 is 0 Å². The second kappa shape index (κ2) is 13.8. The summed E-state index contributed by atoms with van der Waals surface area (Å²) in [7, 11) is 0. The fourth-order valence-corrected chi connectivity index (χ4v) is 6.87. The monoisotopic (exact) mass is 860 g/mol. The van der Waals surface area contributed by atoms with E-state index >= 15 is 0 Å². The third-order valence-corrected chi connectivity index (χ3v) is 9.49. The van der Waals surface area contributed by atoms with Crippen LogP contribution in [0, 0.1) is 18.8 Å². The summed E-state index contributed by atoms with van der Waals surface area (Å²) in [6, 6.07) is 47.2. The Bertz CT molecular complexity index is 2280. The number of benzene rings is 5. The van der Waals surface area contributed by atoms with Crippen LogP contribution in [0.25, 0.3) is 22.3 Å². The van der Waals surface area contributed by atoms with Crippen molar-refractivity contribution in [1.82, 2.24) is 4.98 Å². The first-order chi connectivity index (χ1) is 24.5. The summed E-state index contributed by atoms with van der Waals surface area (Å²) in [6.45, 7) is 15.5. The quantitative estimate of drug-likeness (QED) is 0.161. The first-order valence-electron chi connectivity index (χ1n) is 17.5. The van der Waals surface area contributed by atoms with Crippen molar-refractivity contribution in [1.29, 1.82) is 0 Å². The molecule has 2 aliphatic rings. The molecule has 1 aromatic heterocycles. The normalized spacial score (nSPS) is 13.5. The van der Waals surface area contributed by atoms with Gasteiger partial charge in [0.1, 0.15) is 5.82 Å². The fourth-order valence-electron chi connectivity index (χ4n) is 6.87. The molecule has 8 rings (SSSR count). The Labute approximate surface area is 322 Å². The molecule has 52 heavy (non-hydrogen) atoms. The first-order valence-corrected chi connectivity index (χ1v) is 17.5. The zero-order chi connectivity index (χ0) is 35.3. The molecule has 0 atom stereocenters. The van der Waals surface area contributed by atoms with Crippen molar-refractivity contribution in [3.63, 3.8) is 0 Å². The Morgan fingerprint density at radius 2 is 1.25 bits per heavy atom. The molecular weight excluding hydrogens is 820 g/mol. The molecule has 0 aliphatic carbocycles. The van der Waals surface area contributed by atoms with Crippen LogP contribution in [0.2, 0.25) is 0 Å². The Kier molecular flexibility index (Phi) is 9.35. The van der Waals surface area contributed by atoms with Gasteiger partial charge in [0.25, 0.3) is 0 Å². The minimum absolute atomic E-state index is 0. The maximum Gasteiger partial charge on any atom is 0.135 e.